The number of nitrogens with zero attached hydrogens (tertiary/aromatic N) is 2. The van der Waals surface area contributed by atoms with Crippen LogP contribution in [-0.2, 0) is 0 Å². The lowest BCUT2D eigenvalue weighted by molar-refractivity contribution is 0.123. The van der Waals surface area contributed by atoms with Crippen LogP contribution in [0.25, 0.3) is 0 Å². The second-order valence-electron chi connectivity index (χ2n) is 5.68. The molecule has 0 aliphatic heterocycles. The van der Waals surface area contributed by atoms with E-state index in [0.29, 0.717) is 10.7 Å². The van der Waals surface area contributed by atoms with E-state index in [2.05, 4.69) is 10.3 Å². The Hall–Kier alpha value is -1.99. The summed E-state index contributed by atoms with van der Waals surface area (Å²) in [6.45, 7) is 2.04. The average molecular weight is 335 g/mol. The quantitative estimate of drug-likeness (QED) is 0.881. The van der Waals surface area contributed by atoms with Gasteiger partial charge in [-0.05, 0) is 37.5 Å². The largest absolute Gasteiger partial charge is 0.387 e. The molecule has 2 aromatic rings. The van der Waals surface area contributed by atoms with E-state index in [1.165, 1.54) is 35.6 Å². The molecule has 2 amide bonds. The highest BCUT2D eigenvalue weighted by atomic mass is 32.1. The van der Waals surface area contributed by atoms with Gasteiger partial charge in [-0.15, -0.1) is 11.3 Å². The number of carbonyl (C=O) groups excluding carboxylic acids is 1. The minimum atomic E-state index is -0.847. The van der Waals surface area contributed by atoms with E-state index in [0.717, 1.165) is 18.5 Å². The van der Waals surface area contributed by atoms with Crippen LogP contribution in [0.15, 0.2) is 29.6 Å². The van der Waals surface area contributed by atoms with Gasteiger partial charge in [-0.2, -0.15) is 0 Å². The molecule has 1 aliphatic rings. The van der Waals surface area contributed by atoms with E-state index in [1.54, 1.807) is 4.90 Å². The van der Waals surface area contributed by atoms with Crippen molar-refractivity contribution in [1.82, 2.24) is 9.88 Å². The summed E-state index contributed by atoms with van der Waals surface area (Å²) in [7, 11) is 0. The molecule has 122 valence electrons. The minimum absolute atomic E-state index is 0.145. The van der Waals surface area contributed by atoms with Crippen LogP contribution in [0.3, 0.4) is 0 Å². The minimum Gasteiger partial charge on any atom is -0.387 e. The van der Waals surface area contributed by atoms with E-state index in [1.807, 2.05) is 12.3 Å². The van der Waals surface area contributed by atoms with E-state index >= 15 is 0 Å². The predicted molar refractivity (Wildman–Crippen MR) is 87.0 cm³/mol. The number of halogens is 1. The topological polar surface area (TPSA) is 65.5 Å². The maximum absolute atomic E-state index is 13.0. The third-order valence-electron chi connectivity index (χ3n) is 3.71. The highest BCUT2D eigenvalue weighted by molar-refractivity contribution is 7.13. The third kappa shape index (κ3) is 4.05. The summed E-state index contributed by atoms with van der Waals surface area (Å²) in [5.41, 5.74) is 1.45. The third-order valence-corrected chi connectivity index (χ3v) is 4.58. The Labute approximate surface area is 137 Å². The van der Waals surface area contributed by atoms with Crippen molar-refractivity contribution in [2.24, 2.45) is 0 Å². The second-order valence-corrected chi connectivity index (χ2v) is 6.53. The zero-order chi connectivity index (χ0) is 16.4. The fourth-order valence-electron chi connectivity index (χ4n) is 2.34. The summed E-state index contributed by atoms with van der Waals surface area (Å²) >= 11 is 1.37. The average Bonchev–Trinajstić information content (AvgIpc) is 3.28. The van der Waals surface area contributed by atoms with E-state index in [9.17, 15) is 14.3 Å². The molecule has 1 aromatic heterocycles. The Bertz CT molecular complexity index is 685. The van der Waals surface area contributed by atoms with Gasteiger partial charge in [0.2, 0.25) is 0 Å². The maximum atomic E-state index is 13.0. The van der Waals surface area contributed by atoms with Gasteiger partial charge in [0, 0.05) is 11.4 Å². The fraction of sp³-hybridized carbons (Fsp3) is 0.375. The molecule has 5 nitrogen and oxygen atoms in total. The number of benzene rings is 1. The van der Waals surface area contributed by atoms with Crippen molar-refractivity contribution in [3.8, 4) is 0 Å². The number of aromatic nitrogens is 1. The number of urea groups is 1. The number of aliphatic hydroxyl groups is 1. The van der Waals surface area contributed by atoms with Crippen LogP contribution < -0.4 is 5.32 Å². The summed E-state index contributed by atoms with van der Waals surface area (Å²) in [6.07, 6.45) is 1.01. The number of amides is 2. The molecule has 7 heteroatoms. The number of aliphatic hydroxyl groups excluding tert-OH is 1. The molecule has 1 atom stereocenters. The molecule has 0 saturated heterocycles. The van der Waals surface area contributed by atoms with Crippen molar-refractivity contribution in [3.05, 3.63) is 46.7 Å². The van der Waals surface area contributed by atoms with E-state index in [-0.39, 0.29) is 24.4 Å². The zero-order valence-corrected chi connectivity index (χ0v) is 13.5. The predicted octanol–water partition coefficient (Wildman–Crippen LogP) is 3.32. The van der Waals surface area contributed by atoms with Crippen LogP contribution >= 0.6 is 11.3 Å². The molecular weight excluding hydrogens is 317 g/mol. The first-order valence-corrected chi connectivity index (χ1v) is 8.34. The fourth-order valence-corrected chi connectivity index (χ4v) is 3.01. The van der Waals surface area contributed by atoms with Gasteiger partial charge in [-0.1, -0.05) is 12.1 Å². The van der Waals surface area contributed by atoms with Gasteiger partial charge in [-0.3, -0.25) is 5.32 Å². The number of nitrogens with one attached hydrogen (secondary N) is 1. The number of anilines is 1. The Morgan fingerprint density at radius 2 is 2.17 bits per heavy atom. The van der Waals surface area contributed by atoms with E-state index < -0.39 is 6.10 Å². The summed E-state index contributed by atoms with van der Waals surface area (Å²) < 4.78 is 13.0. The molecule has 0 radical (unpaired) electrons. The van der Waals surface area contributed by atoms with Gasteiger partial charge in [0.05, 0.1) is 18.3 Å². The van der Waals surface area contributed by atoms with Crippen molar-refractivity contribution >= 4 is 22.5 Å². The number of rotatable bonds is 5. The SMILES string of the molecule is Cc1csc(NC(=O)N(C[C@H](O)c2ccc(F)cc2)C2CC2)n1. The summed E-state index contributed by atoms with van der Waals surface area (Å²) in [5.74, 6) is -0.350. The number of aryl methyl sites for hydroxylation is 1. The number of thiazole rings is 1. The number of hydrogen-bond donors (Lipinski definition) is 2. The van der Waals surface area contributed by atoms with Gasteiger partial charge < -0.3 is 10.0 Å². The first-order chi connectivity index (χ1) is 11.0. The van der Waals surface area contributed by atoms with Crippen molar-refractivity contribution < 1.29 is 14.3 Å². The van der Waals surface area contributed by atoms with Crippen molar-refractivity contribution in [3.63, 3.8) is 0 Å². The highest BCUT2D eigenvalue weighted by Gasteiger charge is 2.34. The first kappa shape index (κ1) is 15.9. The van der Waals surface area contributed by atoms with Crippen LogP contribution in [0, 0.1) is 12.7 Å². The molecule has 0 unspecified atom stereocenters. The first-order valence-electron chi connectivity index (χ1n) is 7.46. The van der Waals surface area contributed by atoms with Gasteiger partial charge in [-0.25, -0.2) is 14.2 Å². The van der Waals surface area contributed by atoms with Crippen LogP contribution in [0.4, 0.5) is 14.3 Å². The van der Waals surface area contributed by atoms with E-state index in [4.69, 9.17) is 0 Å². The van der Waals surface area contributed by atoms with Gasteiger partial charge >= 0.3 is 6.03 Å². The Kier molecular flexibility index (Phi) is 4.58. The molecule has 0 spiro atoms. The standard InChI is InChI=1S/C16H18FN3O2S/c1-10-9-23-15(18-10)19-16(22)20(13-6-7-13)8-14(21)11-2-4-12(17)5-3-11/h2-5,9,13-14,21H,6-8H2,1H3,(H,18,19,22)/t14-/m0/s1. The molecule has 1 heterocycles. The summed E-state index contributed by atoms with van der Waals surface area (Å²) in [5, 5.41) is 15.5. The normalized spacial score (nSPS) is 15.3. The van der Waals surface area contributed by atoms with Crippen LogP contribution in [0.1, 0.15) is 30.2 Å². The van der Waals surface area contributed by atoms with Crippen molar-refractivity contribution in [1.29, 1.82) is 0 Å². The molecule has 2 N–H and O–H groups in total. The molecule has 1 saturated carbocycles. The van der Waals surface area contributed by atoms with Crippen molar-refractivity contribution in [2.75, 3.05) is 11.9 Å². The lowest BCUT2D eigenvalue weighted by Crippen LogP contribution is -2.39. The van der Waals surface area contributed by atoms with Crippen LogP contribution in [0.2, 0.25) is 0 Å². The Morgan fingerprint density at radius 1 is 1.48 bits per heavy atom. The van der Waals surface area contributed by atoms with Crippen molar-refractivity contribution in [2.45, 2.75) is 31.9 Å². The van der Waals surface area contributed by atoms with Crippen LogP contribution in [-0.4, -0.2) is 33.6 Å². The molecular formula is C16H18FN3O2S. The zero-order valence-electron chi connectivity index (χ0n) is 12.7. The Balaban J connectivity index is 1.66. The summed E-state index contributed by atoms with van der Waals surface area (Å²) in [6, 6.07) is 5.56. The Morgan fingerprint density at radius 3 is 2.74 bits per heavy atom. The molecule has 1 aliphatic carbocycles. The van der Waals surface area contributed by atoms with Gasteiger partial charge in [0.15, 0.2) is 5.13 Å². The second kappa shape index (κ2) is 6.64. The van der Waals surface area contributed by atoms with Gasteiger partial charge in [0.25, 0.3) is 0 Å². The molecule has 3 rings (SSSR count). The molecule has 1 aromatic carbocycles. The number of hydrogen-bond acceptors (Lipinski definition) is 4. The summed E-state index contributed by atoms with van der Waals surface area (Å²) in [4.78, 5) is 18.3. The maximum Gasteiger partial charge on any atom is 0.323 e. The molecule has 23 heavy (non-hydrogen) atoms. The number of carbonyl (C=O) groups is 1. The molecule has 0 bridgehead atoms. The van der Waals surface area contributed by atoms with Gasteiger partial charge in [0.1, 0.15) is 5.82 Å². The lowest BCUT2D eigenvalue weighted by Gasteiger charge is -2.25. The monoisotopic (exact) mass is 335 g/mol. The lowest BCUT2D eigenvalue weighted by atomic mass is 10.1. The smallest absolute Gasteiger partial charge is 0.323 e. The molecule has 1 fully saturated rings. The highest BCUT2D eigenvalue weighted by Crippen LogP contribution is 2.30. The van der Waals surface area contributed by atoms with Crippen LogP contribution in [0.5, 0.6) is 0 Å².